The fourth-order valence-corrected chi connectivity index (χ4v) is 3.43. The average Bonchev–Trinajstić information content (AvgIpc) is 2.54. The smallest absolute Gasteiger partial charge is 0.407 e. The standard InChI is InChI=1S/C18H22FNO5S/c1-13-5-4-6-14(9-13)11-25-18(21)20-16(12-26(22,23)24)10-15-7-2-3-8-17(15)19/h2-8,13,16H,9-12H2,1H3,(H,20,21)(H,22,23,24)/p-1/t13?,16-/m1/s1. The highest BCUT2D eigenvalue weighted by atomic mass is 32.2. The Balaban J connectivity index is 1.97. The van der Waals surface area contributed by atoms with E-state index in [-0.39, 0.29) is 18.6 Å². The molecule has 0 aromatic heterocycles. The van der Waals surface area contributed by atoms with Gasteiger partial charge in [0.15, 0.2) is 0 Å². The maximum Gasteiger partial charge on any atom is 0.407 e. The SMILES string of the molecule is CC1C=CC=C(COC(=O)N[C@H](Cc2ccccc2F)CS(=O)(=O)[O-])C1. The summed E-state index contributed by atoms with van der Waals surface area (Å²) < 4.78 is 52.1. The van der Waals surface area contributed by atoms with E-state index in [4.69, 9.17) is 4.74 Å². The molecule has 0 saturated carbocycles. The van der Waals surface area contributed by atoms with E-state index in [2.05, 4.69) is 5.32 Å². The van der Waals surface area contributed by atoms with Crippen molar-refractivity contribution in [3.63, 3.8) is 0 Å². The lowest BCUT2D eigenvalue weighted by molar-refractivity contribution is 0.151. The number of hydrogen-bond acceptors (Lipinski definition) is 5. The van der Waals surface area contributed by atoms with E-state index in [1.807, 2.05) is 25.2 Å². The van der Waals surface area contributed by atoms with Gasteiger partial charge in [0, 0.05) is 6.04 Å². The number of alkyl carbamates (subject to hydrolysis) is 1. The van der Waals surface area contributed by atoms with Crippen LogP contribution in [0.25, 0.3) is 0 Å². The van der Waals surface area contributed by atoms with E-state index in [0.29, 0.717) is 5.92 Å². The van der Waals surface area contributed by atoms with E-state index in [0.717, 1.165) is 12.0 Å². The van der Waals surface area contributed by atoms with Gasteiger partial charge in [0.25, 0.3) is 0 Å². The van der Waals surface area contributed by atoms with Crippen LogP contribution in [0.1, 0.15) is 18.9 Å². The van der Waals surface area contributed by atoms with Gasteiger partial charge in [-0.15, -0.1) is 0 Å². The minimum Gasteiger partial charge on any atom is -0.748 e. The second kappa shape index (κ2) is 8.95. The van der Waals surface area contributed by atoms with Crippen molar-refractivity contribution < 1.29 is 26.9 Å². The van der Waals surface area contributed by atoms with Gasteiger partial charge in [0.1, 0.15) is 12.4 Å². The van der Waals surface area contributed by atoms with Crippen molar-refractivity contribution in [1.29, 1.82) is 0 Å². The molecule has 0 heterocycles. The van der Waals surface area contributed by atoms with E-state index < -0.39 is 33.8 Å². The number of amides is 1. The fraction of sp³-hybridized carbons (Fsp3) is 0.389. The molecule has 1 N–H and O–H groups in total. The predicted octanol–water partition coefficient (Wildman–Crippen LogP) is 2.53. The van der Waals surface area contributed by atoms with Crippen LogP contribution in [0.4, 0.5) is 9.18 Å². The van der Waals surface area contributed by atoms with Crippen LogP contribution in [-0.2, 0) is 21.3 Å². The molecule has 0 spiro atoms. The van der Waals surface area contributed by atoms with Crippen LogP contribution in [0.15, 0.2) is 48.1 Å². The molecule has 1 amide bonds. The summed E-state index contributed by atoms with van der Waals surface area (Å²) in [4.78, 5) is 12.0. The summed E-state index contributed by atoms with van der Waals surface area (Å²) >= 11 is 0. The summed E-state index contributed by atoms with van der Waals surface area (Å²) in [6.07, 6.45) is 5.55. The minimum atomic E-state index is -4.61. The summed E-state index contributed by atoms with van der Waals surface area (Å²) in [5.74, 6) is -1.04. The molecule has 1 aromatic carbocycles. The van der Waals surface area contributed by atoms with Crippen molar-refractivity contribution >= 4 is 16.2 Å². The summed E-state index contributed by atoms with van der Waals surface area (Å²) in [5, 5.41) is 2.35. The van der Waals surface area contributed by atoms with E-state index >= 15 is 0 Å². The molecule has 8 heteroatoms. The van der Waals surface area contributed by atoms with Gasteiger partial charge in [0.2, 0.25) is 0 Å². The molecule has 0 aliphatic heterocycles. The lowest BCUT2D eigenvalue weighted by Crippen LogP contribution is -2.42. The molecule has 1 aromatic rings. The number of ether oxygens (including phenoxy) is 1. The largest absolute Gasteiger partial charge is 0.748 e. The molecule has 26 heavy (non-hydrogen) atoms. The molecule has 1 aliphatic carbocycles. The summed E-state index contributed by atoms with van der Waals surface area (Å²) in [5.41, 5.74) is 1.13. The second-order valence-corrected chi connectivity index (χ2v) is 7.78. The first-order chi connectivity index (χ1) is 12.2. The van der Waals surface area contributed by atoms with Gasteiger partial charge in [-0.05, 0) is 36.0 Å². The molecule has 1 aliphatic rings. The summed E-state index contributed by atoms with van der Waals surface area (Å²) in [6, 6.07) is 4.69. The topological polar surface area (TPSA) is 95.5 Å². The third kappa shape index (κ3) is 6.97. The highest BCUT2D eigenvalue weighted by Crippen LogP contribution is 2.18. The molecule has 0 saturated heterocycles. The number of hydrogen-bond donors (Lipinski definition) is 1. The van der Waals surface area contributed by atoms with Gasteiger partial charge in [0.05, 0.1) is 15.9 Å². The van der Waals surface area contributed by atoms with Gasteiger partial charge in [-0.3, -0.25) is 0 Å². The third-order valence-corrected chi connectivity index (χ3v) is 4.71. The van der Waals surface area contributed by atoms with Gasteiger partial charge in [-0.25, -0.2) is 17.6 Å². The Labute approximate surface area is 152 Å². The number of carbonyl (C=O) groups is 1. The summed E-state index contributed by atoms with van der Waals surface area (Å²) in [6.45, 7) is 2.10. The monoisotopic (exact) mass is 382 g/mol. The van der Waals surface area contributed by atoms with Gasteiger partial charge in [-0.2, -0.15) is 0 Å². The van der Waals surface area contributed by atoms with Crippen LogP contribution < -0.4 is 5.32 Å². The van der Waals surface area contributed by atoms with E-state index in [1.165, 1.54) is 18.2 Å². The number of allylic oxidation sites excluding steroid dienone is 3. The van der Waals surface area contributed by atoms with Gasteiger partial charge >= 0.3 is 6.09 Å². The molecule has 0 radical (unpaired) electrons. The molecule has 0 bridgehead atoms. The van der Waals surface area contributed by atoms with E-state index in [9.17, 15) is 22.2 Å². The zero-order chi connectivity index (χ0) is 19.2. The predicted molar refractivity (Wildman–Crippen MR) is 93.9 cm³/mol. The molecule has 2 atom stereocenters. The molecule has 1 unspecified atom stereocenters. The van der Waals surface area contributed by atoms with E-state index in [1.54, 1.807) is 6.07 Å². The van der Waals surface area contributed by atoms with Crippen LogP contribution in [0.3, 0.4) is 0 Å². The van der Waals surface area contributed by atoms with Crippen molar-refractivity contribution in [2.45, 2.75) is 25.8 Å². The summed E-state index contributed by atoms with van der Waals surface area (Å²) in [7, 11) is -4.61. The van der Waals surface area contributed by atoms with Crippen LogP contribution >= 0.6 is 0 Å². The van der Waals surface area contributed by atoms with Gasteiger partial charge < -0.3 is 14.6 Å². The quantitative estimate of drug-likeness (QED) is 0.731. The zero-order valence-electron chi connectivity index (χ0n) is 14.4. The highest BCUT2D eigenvalue weighted by molar-refractivity contribution is 7.85. The minimum absolute atomic E-state index is 0.0665. The average molecular weight is 382 g/mol. The Hall–Kier alpha value is -2.19. The van der Waals surface area contributed by atoms with Crippen LogP contribution in [0.2, 0.25) is 0 Å². The number of carbonyl (C=O) groups excluding carboxylic acids is 1. The maximum absolute atomic E-state index is 13.8. The van der Waals surface area contributed by atoms with Crippen molar-refractivity contribution in [2.75, 3.05) is 12.4 Å². The second-order valence-electron chi connectivity index (χ2n) is 6.33. The number of rotatable bonds is 7. The lowest BCUT2D eigenvalue weighted by Gasteiger charge is -2.21. The Bertz CT molecular complexity index is 804. The van der Waals surface area contributed by atoms with Crippen LogP contribution in [-0.4, -0.2) is 37.5 Å². The Kier molecular flexibility index (Phi) is 6.93. The molecular weight excluding hydrogens is 361 g/mol. The maximum atomic E-state index is 13.8. The fourth-order valence-electron chi connectivity index (χ4n) is 2.73. The molecule has 142 valence electrons. The van der Waals surface area contributed by atoms with Crippen molar-refractivity contribution in [3.8, 4) is 0 Å². The lowest BCUT2D eigenvalue weighted by atomic mass is 9.97. The third-order valence-electron chi connectivity index (χ3n) is 3.90. The number of benzene rings is 1. The first-order valence-corrected chi connectivity index (χ1v) is 9.77. The number of nitrogens with one attached hydrogen (secondary N) is 1. The first kappa shape index (κ1) is 20.1. The molecular formula is C18H21FNO5S-. The number of halogens is 1. The first-order valence-electron chi connectivity index (χ1n) is 8.19. The Morgan fingerprint density at radius 3 is 2.81 bits per heavy atom. The van der Waals surface area contributed by atoms with Crippen molar-refractivity contribution in [3.05, 3.63) is 59.4 Å². The molecule has 6 nitrogen and oxygen atoms in total. The molecule has 2 rings (SSSR count). The van der Waals surface area contributed by atoms with Crippen LogP contribution in [0.5, 0.6) is 0 Å². The van der Waals surface area contributed by atoms with Crippen LogP contribution in [0, 0.1) is 11.7 Å². The normalized spacial score (nSPS) is 18.1. The zero-order valence-corrected chi connectivity index (χ0v) is 15.2. The Morgan fingerprint density at radius 2 is 2.15 bits per heavy atom. The Morgan fingerprint density at radius 1 is 1.42 bits per heavy atom. The molecule has 0 fully saturated rings. The van der Waals surface area contributed by atoms with Crippen molar-refractivity contribution in [2.24, 2.45) is 5.92 Å². The highest BCUT2D eigenvalue weighted by Gasteiger charge is 2.19. The van der Waals surface area contributed by atoms with Gasteiger partial charge in [-0.1, -0.05) is 43.4 Å². The van der Waals surface area contributed by atoms with Crippen molar-refractivity contribution in [1.82, 2.24) is 5.32 Å².